The highest BCUT2D eigenvalue weighted by Crippen LogP contribution is 2.41. The molecule has 0 atom stereocenters. The molecule has 2 nitrogen and oxygen atoms in total. The number of aromatic nitrogens is 2. The molecule has 2 heteroatoms. The quantitative estimate of drug-likeness (QED) is 0.178. The maximum atomic E-state index is 2.46. The Morgan fingerprint density at radius 1 is 0.260 bits per heavy atom. The van der Waals surface area contributed by atoms with E-state index in [4.69, 9.17) is 0 Å². The van der Waals surface area contributed by atoms with Crippen LogP contribution in [0.2, 0.25) is 0 Å². The smallest absolute Gasteiger partial charge is 0.0619 e. The third-order valence-electron chi connectivity index (χ3n) is 10.1. The van der Waals surface area contributed by atoms with E-state index in [1.807, 2.05) is 0 Å². The highest BCUT2D eigenvalue weighted by Gasteiger charge is 2.19. The Hall–Kier alpha value is -6.64. The van der Waals surface area contributed by atoms with Gasteiger partial charge in [0.15, 0.2) is 0 Å². The van der Waals surface area contributed by atoms with Crippen molar-refractivity contribution in [3.63, 3.8) is 0 Å². The summed E-state index contributed by atoms with van der Waals surface area (Å²) in [6.07, 6.45) is 0. The molecule has 2 heterocycles. The van der Waals surface area contributed by atoms with E-state index in [1.165, 1.54) is 77.0 Å². The summed E-state index contributed by atoms with van der Waals surface area (Å²) in [5.41, 5.74) is 14.4. The molecular weight excluding hydrogens is 605 g/mol. The predicted octanol–water partition coefficient (Wildman–Crippen LogP) is 12.9. The molecule has 0 aliphatic carbocycles. The first-order valence-corrected chi connectivity index (χ1v) is 17.2. The highest BCUT2D eigenvalue weighted by molar-refractivity contribution is 6.14. The van der Waals surface area contributed by atoms with Crippen LogP contribution < -0.4 is 0 Å². The van der Waals surface area contributed by atoms with Crippen LogP contribution in [0.5, 0.6) is 0 Å². The largest absolute Gasteiger partial charge is 0.309 e. The molecule has 234 valence electrons. The minimum absolute atomic E-state index is 1.14. The maximum absolute atomic E-state index is 2.46. The number of hydrogen-bond acceptors (Lipinski definition) is 0. The van der Waals surface area contributed by atoms with Crippen molar-refractivity contribution in [2.75, 3.05) is 0 Å². The summed E-state index contributed by atoms with van der Waals surface area (Å²) in [6, 6.07) is 70.4. The standard InChI is InChI=1S/C48H32N2/c1-3-14-33(15-4-1)38-31-30-37(32-44(38)34-16-5-2-6-17-34)50-47-25-12-9-20-42(47)43-22-13-21-39(48(43)50)35-26-28-36(29-27-35)49-45-23-10-7-18-40(45)41-19-8-11-24-46(41)49/h1-32H. The fraction of sp³-hybridized carbons (Fsp3) is 0. The van der Waals surface area contributed by atoms with E-state index in [0.717, 1.165) is 11.4 Å². The average Bonchev–Trinajstić information content (AvgIpc) is 3.72. The molecule has 0 fully saturated rings. The second kappa shape index (κ2) is 11.5. The molecule has 0 bridgehead atoms. The van der Waals surface area contributed by atoms with Gasteiger partial charge in [-0.2, -0.15) is 0 Å². The van der Waals surface area contributed by atoms with Gasteiger partial charge in [0.1, 0.15) is 0 Å². The van der Waals surface area contributed by atoms with Gasteiger partial charge in [-0.3, -0.25) is 0 Å². The molecule has 0 aliphatic rings. The highest BCUT2D eigenvalue weighted by atomic mass is 15.0. The average molecular weight is 637 g/mol. The first-order valence-electron chi connectivity index (χ1n) is 17.2. The van der Waals surface area contributed by atoms with E-state index in [-0.39, 0.29) is 0 Å². The van der Waals surface area contributed by atoms with Crippen LogP contribution in [0.25, 0.3) is 88.4 Å². The fourth-order valence-electron chi connectivity index (χ4n) is 7.91. The van der Waals surface area contributed by atoms with Crippen molar-refractivity contribution in [1.29, 1.82) is 0 Å². The number of fused-ring (bicyclic) bond motifs is 6. The number of hydrogen-bond donors (Lipinski definition) is 0. The number of para-hydroxylation sites is 4. The summed E-state index contributed by atoms with van der Waals surface area (Å²) in [5, 5.41) is 5.04. The van der Waals surface area contributed by atoms with E-state index >= 15 is 0 Å². The Morgan fingerprint density at radius 2 is 0.720 bits per heavy atom. The molecule has 2 aromatic heterocycles. The molecule has 0 saturated heterocycles. The molecule has 0 saturated carbocycles. The molecule has 0 unspecified atom stereocenters. The van der Waals surface area contributed by atoms with Crippen LogP contribution >= 0.6 is 0 Å². The molecule has 10 aromatic rings. The van der Waals surface area contributed by atoms with Crippen molar-refractivity contribution in [2.24, 2.45) is 0 Å². The van der Waals surface area contributed by atoms with Crippen LogP contribution in [0.4, 0.5) is 0 Å². The summed E-state index contributed by atoms with van der Waals surface area (Å²) >= 11 is 0. The van der Waals surface area contributed by atoms with Gasteiger partial charge in [-0.25, -0.2) is 0 Å². The first-order chi connectivity index (χ1) is 24.8. The summed E-state index contributed by atoms with van der Waals surface area (Å²) in [4.78, 5) is 0. The van der Waals surface area contributed by atoms with Crippen LogP contribution in [0.15, 0.2) is 194 Å². The van der Waals surface area contributed by atoms with Gasteiger partial charge in [-0.05, 0) is 70.3 Å². The lowest BCUT2D eigenvalue weighted by atomic mass is 9.94. The van der Waals surface area contributed by atoms with Crippen molar-refractivity contribution in [2.45, 2.75) is 0 Å². The SMILES string of the molecule is c1ccc(-c2ccc(-n3c4ccccc4c4cccc(-c5ccc(-n6c7ccccc7c7ccccc76)cc5)c43)cc2-c2ccccc2)cc1. The molecule has 0 amide bonds. The van der Waals surface area contributed by atoms with E-state index in [1.54, 1.807) is 0 Å². The summed E-state index contributed by atoms with van der Waals surface area (Å²) in [5.74, 6) is 0. The van der Waals surface area contributed by atoms with Crippen LogP contribution in [0.1, 0.15) is 0 Å². The molecule has 0 N–H and O–H groups in total. The Morgan fingerprint density at radius 3 is 1.34 bits per heavy atom. The van der Waals surface area contributed by atoms with E-state index in [0.29, 0.717) is 0 Å². The van der Waals surface area contributed by atoms with Crippen molar-refractivity contribution in [3.8, 4) is 44.8 Å². The molecule has 0 radical (unpaired) electrons. The van der Waals surface area contributed by atoms with Crippen molar-refractivity contribution < 1.29 is 0 Å². The van der Waals surface area contributed by atoms with Crippen LogP contribution in [0.3, 0.4) is 0 Å². The number of rotatable bonds is 5. The summed E-state index contributed by atoms with van der Waals surface area (Å²) in [7, 11) is 0. The zero-order chi connectivity index (χ0) is 33.0. The number of benzene rings is 8. The third kappa shape index (κ3) is 4.43. The zero-order valence-corrected chi connectivity index (χ0v) is 27.4. The lowest BCUT2D eigenvalue weighted by Gasteiger charge is -2.16. The van der Waals surface area contributed by atoms with Crippen LogP contribution in [-0.4, -0.2) is 9.13 Å². The third-order valence-corrected chi connectivity index (χ3v) is 10.1. The minimum Gasteiger partial charge on any atom is -0.309 e. The van der Waals surface area contributed by atoms with Crippen molar-refractivity contribution >= 4 is 43.6 Å². The van der Waals surface area contributed by atoms with Gasteiger partial charge in [-0.15, -0.1) is 0 Å². The van der Waals surface area contributed by atoms with Gasteiger partial charge in [0.05, 0.1) is 22.1 Å². The Labute approximate surface area is 290 Å². The van der Waals surface area contributed by atoms with E-state index in [9.17, 15) is 0 Å². The summed E-state index contributed by atoms with van der Waals surface area (Å²) < 4.78 is 4.84. The van der Waals surface area contributed by atoms with E-state index < -0.39 is 0 Å². The van der Waals surface area contributed by atoms with Gasteiger partial charge in [-0.1, -0.05) is 152 Å². The van der Waals surface area contributed by atoms with E-state index in [2.05, 4.69) is 203 Å². The Balaban J connectivity index is 1.18. The molecule has 10 rings (SSSR count). The Kier molecular flexibility index (Phi) is 6.53. The van der Waals surface area contributed by atoms with Gasteiger partial charge in [0.2, 0.25) is 0 Å². The molecule has 0 aliphatic heterocycles. The second-order valence-corrected chi connectivity index (χ2v) is 12.9. The predicted molar refractivity (Wildman–Crippen MR) is 211 cm³/mol. The lowest BCUT2D eigenvalue weighted by molar-refractivity contribution is 1.18. The topological polar surface area (TPSA) is 9.86 Å². The monoisotopic (exact) mass is 636 g/mol. The molecule has 8 aromatic carbocycles. The van der Waals surface area contributed by atoms with Crippen LogP contribution in [-0.2, 0) is 0 Å². The van der Waals surface area contributed by atoms with Gasteiger partial charge in [0, 0.05) is 38.5 Å². The van der Waals surface area contributed by atoms with Gasteiger partial charge >= 0.3 is 0 Å². The van der Waals surface area contributed by atoms with Crippen molar-refractivity contribution in [1.82, 2.24) is 9.13 Å². The molecule has 0 spiro atoms. The van der Waals surface area contributed by atoms with Crippen molar-refractivity contribution in [3.05, 3.63) is 194 Å². The van der Waals surface area contributed by atoms with Gasteiger partial charge in [0.25, 0.3) is 0 Å². The molecule has 50 heavy (non-hydrogen) atoms. The Bertz CT molecular complexity index is 2790. The van der Waals surface area contributed by atoms with Crippen LogP contribution in [0, 0.1) is 0 Å². The summed E-state index contributed by atoms with van der Waals surface area (Å²) in [6.45, 7) is 0. The minimum atomic E-state index is 1.14. The second-order valence-electron chi connectivity index (χ2n) is 12.9. The maximum Gasteiger partial charge on any atom is 0.0619 e. The van der Waals surface area contributed by atoms with Gasteiger partial charge < -0.3 is 9.13 Å². The normalized spacial score (nSPS) is 11.6. The number of nitrogens with zero attached hydrogens (tertiary/aromatic N) is 2. The molecular formula is C48H32N2. The first kappa shape index (κ1) is 28.4. The zero-order valence-electron chi connectivity index (χ0n) is 27.4. The fourth-order valence-corrected chi connectivity index (χ4v) is 7.91. The lowest BCUT2D eigenvalue weighted by Crippen LogP contribution is -1.98.